The van der Waals surface area contributed by atoms with Gasteiger partial charge in [0, 0.05) is 24.1 Å². The van der Waals surface area contributed by atoms with Crippen LogP contribution in [0.15, 0.2) is 67.3 Å². The van der Waals surface area contributed by atoms with Crippen LogP contribution in [-0.4, -0.2) is 24.7 Å². The van der Waals surface area contributed by atoms with E-state index in [1.165, 1.54) is 11.3 Å². The number of carbonyl (C=O) groups is 1. The standard InChI is InChI=1S/C24H26N2O2/c1-4-17-28-19-11-9-18(10-12-19)13-15-24-23(2,3)20-7-5-6-8-21(20)26(24)16-14-22(27)25-24/h4-13,15H,1,14,16-17H2,2-3H3,(H,25,27)/b15-13+. The van der Waals surface area contributed by atoms with Crippen LogP contribution in [0.25, 0.3) is 6.08 Å². The fourth-order valence-corrected chi connectivity index (χ4v) is 4.37. The molecule has 1 amide bonds. The van der Waals surface area contributed by atoms with Crippen LogP contribution in [0.2, 0.25) is 0 Å². The van der Waals surface area contributed by atoms with Gasteiger partial charge >= 0.3 is 0 Å². The minimum absolute atomic E-state index is 0.0926. The number of nitrogens with zero attached hydrogens (tertiary/aromatic N) is 1. The summed E-state index contributed by atoms with van der Waals surface area (Å²) in [5.74, 6) is 0.909. The average molecular weight is 374 g/mol. The van der Waals surface area contributed by atoms with Crippen molar-refractivity contribution in [3.05, 3.63) is 78.4 Å². The van der Waals surface area contributed by atoms with E-state index in [1.807, 2.05) is 24.3 Å². The molecule has 0 saturated carbocycles. The first-order chi connectivity index (χ1) is 13.5. The van der Waals surface area contributed by atoms with Crippen molar-refractivity contribution >= 4 is 17.7 Å². The molecular formula is C24H26N2O2. The summed E-state index contributed by atoms with van der Waals surface area (Å²) >= 11 is 0. The molecule has 2 aliphatic heterocycles. The van der Waals surface area contributed by atoms with Crippen molar-refractivity contribution in [2.75, 3.05) is 18.1 Å². The molecular weight excluding hydrogens is 348 g/mol. The molecule has 28 heavy (non-hydrogen) atoms. The maximum Gasteiger partial charge on any atom is 0.223 e. The maximum atomic E-state index is 12.4. The molecule has 0 radical (unpaired) electrons. The number of benzene rings is 2. The first-order valence-electron chi connectivity index (χ1n) is 9.69. The van der Waals surface area contributed by atoms with Gasteiger partial charge in [-0.2, -0.15) is 0 Å². The molecule has 4 rings (SSSR count). The van der Waals surface area contributed by atoms with Gasteiger partial charge in [-0.1, -0.05) is 62.9 Å². The summed E-state index contributed by atoms with van der Waals surface area (Å²) in [7, 11) is 0. The lowest BCUT2D eigenvalue weighted by atomic mass is 9.74. The topological polar surface area (TPSA) is 41.6 Å². The number of para-hydroxylation sites is 1. The third kappa shape index (κ3) is 2.80. The summed E-state index contributed by atoms with van der Waals surface area (Å²) in [6, 6.07) is 16.4. The molecule has 0 aromatic heterocycles. The molecule has 4 nitrogen and oxygen atoms in total. The van der Waals surface area contributed by atoms with E-state index in [4.69, 9.17) is 4.74 Å². The van der Waals surface area contributed by atoms with Crippen LogP contribution >= 0.6 is 0 Å². The molecule has 0 spiro atoms. The van der Waals surface area contributed by atoms with Crippen molar-refractivity contribution in [3.8, 4) is 5.75 Å². The lowest BCUT2D eigenvalue weighted by Gasteiger charge is -2.49. The fraction of sp³-hybridized carbons (Fsp3) is 0.292. The van der Waals surface area contributed by atoms with Crippen molar-refractivity contribution < 1.29 is 9.53 Å². The molecule has 1 fully saturated rings. The quantitative estimate of drug-likeness (QED) is 0.795. The Kier molecular flexibility index (Phi) is 4.50. The van der Waals surface area contributed by atoms with Gasteiger partial charge in [0.2, 0.25) is 5.91 Å². The maximum absolute atomic E-state index is 12.4. The van der Waals surface area contributed by atoms with Gasteiger partial charge in [0.1, 0.15) is 18.0 Å². The molecule has 0 bridgehead atoms. The average Bonchev–Trinajstić information content (AvgIpc) is 2.90. The first kappa shape index (κ1) is 18.4. The highest BCUT2D eigenvalue weighted by molar-refractivity contribution is 5.84. The number of fused-ring (bicyclic) bond motifs is 3. The monoisotopic (exact) mass is 374 g/mol. The Morgan fingerprint density at radius 3 is 2.68 bits per heavy atom. The highest BCUT2D eigenvalue weighted by atomic mass is 16.5. The first-order valence-corrected chi connectivity index (χ1v) is 9.69. The molecule has 1 unspecified atom stereocenters. The fourth-order valence-electron chi connectivity index (χ4n) is 4.37. The van der Waals surface area contributed by atoms with Gasteiger partial charge in [0.05, 0.1) is 0 Å². The van der Waals surface area contributed by atoms with Crippen molar-refractivity contribution in [1.29, 1.82) is 0 Å². The molecule has 2 aromatic rings. The summed E-state index contributed by atoms with van der Waals surface area (Å²) in [5, 5.41) is 3.30. The third-order valence-electron chi connectivity index (χ3n) is 5.90. The van der Waals surface area contributed by atoms with Crippen LogP contribution in [0.5, 0.6) is 5.75 Å². The van der Waals surface area contributed by atoms with Crippen molar-refractivity contribution in [3.63, 3.8) is 0 Å². The number of hydrogen-bond donors (Lipinski definition) is 1. The number of amides is 1. The summed E-state index contributed by atoms with van der Waals surface area (Å²) in [6.07, 6.45) is 6.47. The zero-order valence-corrected chi connectivity index (χ0v) is 16.4. The molecule has 1 atom stereocenters. The Labute approximate surface area is 166 Å². The van der Waals surface area contributed by atoms with Crippen LogP contribution < -0.4 is 15.0 Å². The van der Waals surface area contributed by atoms with Crippen LogP contribution in [0, 0.1) is 0 Å². The molecule has 1 N–H and O–H groups in total. The molecule has 144 valence electrons. The van der Waals surface area contributed by atoms with Crippen LogP contribution in [0.1, 0.15) is 31.4 Å². The van der Waals surface area contributed by atoms with Gasteiger partial charge in [-0.3, -0.25) is 4.79 Å². The smallest absolute Gasteiger partial charge is 0.223 e. The van der Waals surface area contributed by atoms with E-state index in [-0.39, 0.29) is 11.3 Å². The molecule has 4 heteroatoms. The van der Waals surface area contributed by atoms with Gasteiger partial charge in [-0.05, 0) is 35.4 Å². The van der Waals surface area contributed by atoms with E-state index >= 15 is 0 Å². The normalized spacial score (nSPS) is 22.5. The lowest BCUT2D eigenvalue weighted by Crippen LogP contribution is -2.68. The van der Waals surface area contributed by atoms with E-state index in [1.54, 1.807) is 6.08 Å². The van der Waals surface area contributed by atoms with Gasteiger partial charge in [-0.15, -0.1) is 0 Å². The van der Waals surface area contributed by atoms with Crippen molar-refractivity contribution in [2.45, 2.75) is 31.3 Å². The summed E-state index contributed by atoms with van der Waals surface area (Å²) in [4.78, 5) is 14.7. The van der Waals surface area contributed by atoms with Crippen molar-refractivity contribution in [1.82, 2.24) is 5.32 Å². The summed E-state index contributed by atoms with van der Waals surface area (Å²) < 4.78 is 5.55. The highest BCUT2D eigenvalue weighted by Crippen LogP contribution is 2.52. The van der Waals surface area contributed by atoms with E-state index < -0.39 is 5.66 Å². The Hall–Kier alpha value is -3.01. The van der Waals surface area contributed by atoms with E-state index in [0.29, 0.717) is 19.6 Å². The predicted molar refractivity (Wildman–Crippen MR) is 113 cm³/mol. The van der Waals surface area contributed by atoms with E-state index in [9.17, 15) is 4.79 Å². The second-order valence-electron chi connectivity index (χ2n) is 7.86. The zero-order valence-electron chi connectivity index (χ0n) is 16.4. The van der Waals surface area contributed by atoms with E-state index in [0.717, 1.165) is 11.3 Å². The van der Waals surface area contributed by atoms with Crippen LogP contribution in [0.4, 0.5) is 5.69 Å². The second-order valence-corrected chi connectivity index (χ2v) is 7.86. The van der Waals surface area contributed by atoms with E-state index in [2.05, 4.69) is 67.1 Å². The minimum Gasteiger partial charge on any atom is -0.490 e. The summed E-state index contributed by atoms with van der Waals surface area (Å²) in [6.45, 7) is 9.28. The van der Waals surface area contributed by atoms with Crippen LogP contribution in [-0.2, 0) is 10.2 Å². The lowest BCUT2D eigenvalue weighted by molar-refractivity contribution is -0.124. The van der Waals surface area contributed by atoms with Gasteiger partial charge in [-0.25, -0.2) is 0 Å². The van der Waals surface area contributed by atoms with Gasteiger partial charge in [0.15, 0.2) is 0 Å². The number of anilines is 1. The zero-order chi connectivity index (χ0) is 19.8. The SMILES string of the molecule is C=CCOc1ccc(/C=C/C23NC(=O)CCN2c2ccccc2C3(C)C)cc1. The molecule has 2 aliphatic rings. The molecule has 1 saturated heterocycles. The Morgan fingerprint density at radius 2 is 1.93 bits per heavy atom. The third-order valence-corrected chi connectivity index (χ3v) is 5.90. The number of rotatable bonds is 5. The highest BCUT2D eigenvalue weighted by Gasteiger charge is 2.57. The van der Waals surface area contributed by atoms with Crippen molar-refractivity contribution in [2.24, 2.45) is 0 Å². The Morgan fingerprint density at radius 1 is 1.18 bits per heavy atom. The number of ether oxygens (including phenoxy) is 1. The number of carbonyl (C=O) groups excluding carboxylic acids is 1. The number of nitrogens with one attached hydrogen (secondary N) is 1. The molecule has 2 heterocycles. The second kappa shape index (κ2) is 6.86. The number of hydrogen-bond acceptors (Lipinski definition) is 3. The summed E-state index contributed by atoms with van der Waals surface area (Å²) in [5.41, 5.74) is 2.68. The Balaban J connectivity index is 1.70. The van der Waals surface area contributed by atoms with Crippen LogP contribution in [0.3, 0.4) is 0 Å². The predicted octanol–water partition coefficient (Wildman–Crippen LogP) is 4.28. The molecule has 0 aliphatic carbocycles. The van der Waals surface area contributed by atoms with Gasteiger partial charge in [0.25, 0.3) is 0 Å². The minimum atomic E-state index is -0.579. The molecule has 2 aromatic carbocycles. The largest absolute Gasteiger partial charge is 0.490 e. The Bertz CT molecular complexity index is 930. The van der Waals surface area contributed by atoms with Gasteiger partial charge < -0.3 is 15.0 Å².